The van der Waals surface area contributed by atoms with Gasteiger partial charge in [-0.3, -0.25) is 9.59 Å². The molecular formula is C10H11NO3S. The Balaban J connectivity index is 2.05. The Labute approximate surface area is 90.9 Å². The van der Waals surface area contributed by atoms with Crippen molar-refractivity contribution in [2.24, 2.45) is 5.92 Å². The van der Waals surface area contributed by atoms with Crippen molar-refractivity contribution >= 4 is 23.0 Å². The predicted molar refractivity (Wildman–Crippen MR) is 55.5 cm³/mol. The fourth-order valence-corrected chi connectivity index (χ4v) is 2.40. The van der Waals surface area contributed by atoms with E-state index in [0.29, 0.717) is 13.0 Å². The summed E-state index contributed by atoms with van der Waals surface area (Å²) in [6.07, 6.45) is -0.892. The molecule has 1 saturated heterocycles. The molecule has 80 valence electrons. The number of aliphatic hydroxyl groups is 1. The quantitative estimate of drug-likeness (QED) is 0.694. The average Bonchev–Trinajstić information content (AvgIpc) is 2.72. The smallest absolute Gasteiger partial charge is 0.256 e. The highest BCUT2D eigenvalue weighted by Gasteiger charge is 2.35. The van der Waals surface area contributed by atoms with Crippen LogP contribution in [0.3, 0.4) is 0 Å². The first-order chi connectivity index (χ1) is 7.18. The monoisotopic (exact) mass is 225 g/mol. The van der Waals surface area contributed by atoms with E-state index in [-0.39, 0.29) is 11.7 Å². The van der Waals surface area contributed by atoms with Gasteiger partial charge in [-0.1, -0.05) is 6.07 Å². The summed E-state index contributed by atoms with van der Waals surface area (Å²) in [4.78, 5) is 23.6. The lowest BCUT2D eigenvalue weighted by Crippen LogP contribution is -2.52. The SMILES string of the molecule is O=C1NCC(Cc2cccs2)C(=O)C1O. The number of ketones is 1. The molecule has 2 heterocycles. The zero-order valence-corrected chi connectivity index (χ0v) is 8.79. The Hall–Kier alpha value is -1.20. The molecule has 0 spiro atoms. The van der Waals surface area contributed by atoms with E-state index in [1.54, 1.807) is 11.3 Å². The number of hydrogen-bond acceptors (Lipinski definition) is 4. The predicted octanol–water partition coefficient (Wildman–Crippen LogP) is -0.0334. The molecule has 2 rings (SSSR count). The standard InChI is InChI=1S/C10H11NO3S/c12-8-6(4-7-2-1-3-15-7)5-11-10(14)9(8)13/h1-3,6,9,13H,4-5H2,(H,11,14). The van der Waals surface area contributed by atoms with Crippen molar-refractivity contribution in [1.82, 2.24) is 5.32 Å². The number of piperidine rings is 1. The van der Waals surface area contributed by atoms with Gasteiger partial charge in [-0.05, 0) is 17.9 Å². The number of nitrogens with one attached hydrogen (secondary N) is 1. The zero-order chi connectivity index (χ0) is 10.8. The number of hydrogen-bond donors (Lipinski definition) is 2. The lowest BCUT2D eigenvalue weighted by molar-refractivity contribution is -0.145. The number of Topliss-reactive ketones (excluding diaryl/α,β-unsaturated/α-hetero) is 1. The molecule has 2 N–H and O–H groups in total. The molecule has 0 bridgehead atoms. The van der Waals surface area contributed by atoms with Crippen LogP contribution in [-0.2, 0) is 16.0 Å². The van der Waals surface area contributed by atoms with Crippen LogP contribution in [-0.4, -0.2) is 29.4 Å². The summed E-state index contributed by atoms with van der Waals surface area (Å²) in [5.74, 6) is -1.24. The fraction of sp³-hybridized carbons (Fsp3) is 0.400. The number of amides is 1. The first-order valence-corrected chi connectivity index (χ1v) is 5.58. The molecule has 1 fully saturated rings. The maximum Gasteiger partial charge on any atom is 0.256 e. The fourth-order valence-electron chi connectivity index (χ4n) is 1.62. The van der Waals surface area contributed by atoms with E-state index in [0.717, 1.165) is 4.88 Å². The molecule has 4 nitrogen and oxygen atoms in total. The van der Waals surface area contributed by atoms with Crippen LogP contribution >= 0.6 is 11.3 Å². The third-order valence-electron chi connectivity index (χ3n) is 2.47. The molecule has 15 heavy (non-hydrogen) atoms. The molecule has 1 aliphatic rings. The van der Waals surface area contributed by atoms with Crippen LogP contribution in [0.2, 0.25) is 0 Å². The molecule has 0 aromatic carbocycles. The van der Waals surface area contributed by atoms with Gasteiger partial charge in [-0.25, -0.2) is 0 Å². The highest BCUT2D eigenvalue weighted by molar-refractivity contribution is 7.09. The minimum atomic E-state index is -1.48. The largest absolute Gasteiger partial charge is 0.376 e. The van der Waals surface area contributed by atoms with Crippen molar-refractivity contribution in [3.63, 3.8) is 0 Å². The van der Waals surface area contributed by atoms with Gasteiger partial charge in [-0.2, -0.15) is 0 Å². The van der Waals surface area contributed by atoms with E-state index in [1.807, 2.05) is 17.5 Å². The van der Waals surface area contributed by atoms with Crippen LogP contribution < -0.4 is 5.32 Å². The van der Waals surface area contributed by atoms with Gasteiger partial charge in [0.1, 0.15) is 0 Å². The van der Waals surface area contributed by atoms with E-state index in [4.69, 9.17) is 0 Å². The lowest BCUT2D eigenvalue weighted by atomic mass is 9.92. The third-order valence-corrected chi connectivity index (χ3v) is 3.37. The first-order valence-electron chi connectivity index (χ1n) is 4.70. The number of carbonyl (C=O) groups is 2. The number of carbonyl (C=O) groups excluding carboxylic acids is 2. The van der Waals surface area contributed by atoms with E-state index in [2.05, 4.69) is 5.32 Å². The summed E-state index contributed by atoms with van der Waals surface area (Å²) in [7, 11) is 0. The highest BCUT2D eigenvalue weighted by atomic mass is 32.1. The molecular weight excluding hydrogens is 214 g/mol. The number of rotatable bonds is 2. The Bertz CT molecular complexity index is 374. The minimum absolute atomic E-state index is 0.295. The summed E-state index contributed by atoms with van der Waals surface area (Å²) < 4.78 is 0. The summed E-state index contributed by atoms with van der Waals surface area (Å²) in [6.45, 7) is 0.326. The highest BCUT2D eigenvalue weighted by Crippen LogP contribution is 2.18. The molecule has 2 atom stereocenters. The summed E-state index contributed by atoms with van der Waals surface area (Å²) >= 11 is 1.57. The molecule has 0 saturated carbocycles. The van der Waals surface area contributed by atoms with Gasteiger partial charge >= 0.3 is 0 Å². The van der Waals surface area contributed by atoms with Crippen LogP contribution in [0.25, 0.3) is 0 Å². The van der Waals surface area contributed by atoms with Gasteiger partial charge in [0.15, 0.2) is 11.9 Å². The second kappa shape index (κ2) is 4.12. The molecule has 1 amide bonds. The number of thiophene rings is 1. The Morgan fingerprint density at radius 2 is 2.33 bits per heavy atom. The van der Waals surface area contributed by atoms with Crippen LogP contribution in [0.1, 0.15) is 4.88 Å². The third kappa shape index (κ3) is 2.08. The van der Waals surface area contributed by atoms with E-state index < -0.39 is 12.0 Å². The maximum absolute atomic E-state index is 11.6. The van der Waals surface area contributed by atoms with Gasteiger partial charge < -0.3 is 10.4 Å². The maximum atomic E-state index is 11.6. The first kappa shape index (κ1) is 10.3. The van der Waals surface area contributed by atoms with Gasteiger partial charge in [0.2, 0.25) is 0 Å². The lowest BCUT2D eigenvalue weighted by Gasteiger charge is -2.24. The van der Waals surface area contributed by atoms with E-state index in [1.165, 1.54) is 0 Å². The van der Waals surface area contributed by atoms with Crippen molar-refractivity contribution < 1.29 is 14.7 Å². The van der Waals surface area contributed by atoms with Gasteiger partial charge in [-0.15, -0.1) is 11.3 Å². The molecule has 0 radical (unpaired) electrons. The topological polar surface area (TPSA) is 66.4 Å². The summed E-state index contributed by atoms with van der Waals surface area (Å²) in [5, 5.41) is 13.7. The average molecular weight is 225 g/mol. The number of aliphatic hydroxyl groups excluding tert-OH is 1. The van der Waals surface area contributed by atoms with Gasteiger partial charge in [0.25, 0.3) is 5.91 Å². The minimum Gasteiger partial charge on any atom is -0.376 e. The second-order valence-electron chi connectivity index (χ2n) is 3.53. The molecule has 0 aliphatic carbocycles. The molecule has 1 aromatic heterocycles. The molecule has 1 aromatic rings. The van der Waals surface area contributed by atoms with E-state index >= 15 is 0 Å². The van der Waals surface area contributed by atoms with Crippen molar-refractivity contribution in [3.8, 4) is 0 Å². The van der Waals surface area contributed by atoms with Crippen molar-refractivity contribution in [3.05, 3.63) is 22.4 Å². The summed E-state index contributed by atoms with van der Waals surface area (Å²) in [5.41, 5.74) is 0. The molecule has 2 unspecified atom stereocenters. The Kier molecular flexibility index (Phi) is 2.83. The van der Waals surface area contributed by atoms with Gasteiger partial charge in [0, 0.05) is 17.3 Å². The van der Waals surface area contributed by atoms with Crippen LogP contribution in [0, 0.1) is 5.92 Å². The Morgan fingerprint density at radius 3 is 3.00 bits per heavy atom. The van der Waals surface area contributed by atoms with Gasteiger partial charge in [0.05, 0.1) is 0 Å². The summed E-state index contributed by atoms with van der Waals surface area (Å²) in [6, 6.07) is 3.86. The molecule has 1 aliphatic heterocycles. The van der Waals surface area contributed by atoms with Crippen LogP contribution in [0.5, 0.6) is 0 Å². The van der Waals surface area contributed by atoms with E-state index in [9.17, 15) is 14.7 Å². The van der Waals surface area contributed by atoms with Crippen molar-refractivity contribution in [2.75, 3.05) is 6.54 Å². The Morgan fingerprint density at radius 1 is 1.53 bits per heavy atom. The van der Waals surface area contributed by atoms with Crippen molar-refractivity contribution in [2.45, 2.75) is 12.5 Å². The second-order valence-corrected chi connectivity index (χ2v) is 4.56. The van der Waals surface area contributed by atoms with Crippen molar-refractivity contribution in [1.29, 1.82) is 0 Å². The zero-order valence-electron chi connectivity index (χ0n) is 7.97. The normalized spacial score (nSPS) is 26.5. The van der Waals surface area contributed by atoms with Crippen LogP contribution in [0.15, 0.2) is 17.5 Å². The van der Waals surface area contributed by atoms with Crippen LogP contribution in [0.4, 0.5) is 0 Å². The molecule has 5 heteroatoms.